The molecule has 0 saturated heterocycles. The monoisotopic (exact) mass is 367 g/mol. The molecule has 0 fully saturated rings. The number of fused-ring (bicyclic) bond motifs is 1. The number of nitrogens with one attached hydrogen (secondary N) is 1. The summed E-state index contributed by atoms with van der Waals surface area (Å²) in [6.07, 6.45) is 0. The molecule has 0 unspecified atom stereocenters. The van der Waals surface area contributed by atoms with Crippen molar-refractivity contribution in [3.63, 3.8) is 0 Å². The van der Waals surface area contributed by atoms with E-state index in [9.17, 15) is 4.79 Å². The summed E-state index contributed by atoms with van der Waals surface area (Å²) in [6, 6.07) is 27.9. The highest BCUT2D eigenvalue weighted by atomic mass is 16.5. The van der Waals surface area contributed by atoms with Crippen LogP contribution in [0, 0.1) is 6.92 Å². The molecule has 0 aliphatic heterocycles. The topological polar surface area (TPSA) is 38.3 Å². The number of hydrogen-bond acceptors (Lipinski definition) is 2. The number of rotatable bonds is 4. The maximum atomic E-state index is 12.8. The van der Waals surface area contributed by atoms with Crippen molar-refractivity contribution < 1.29 is 9.53 Å². The Morgan fingerprint density at radius 2 is 1.57 bits per heavy atom. The van der Waals surface area contributed by atoms with Crippen LogP contribution in [0.3, 0.4) is 0 Å². The Hall–Kier alpha value is -3.59. The van der Waals surface area contributed by atoms with Crippen LogP contribution in [-0.2, 0) is 0 Å². The SMILES string of the molecule is COc1cc2ccc(-c3cccc(C)c3)cc2cc1C(=O)Nc1ccccc1. The number of aryl methyl sites for hydroxylation is 1. The van der Waals surface area contributed by atoms with Crippen LogP contribution >= 0.6 is 0 Å². The zero-order valence-electron chi connectivity index (χ0n) is 15.9. The van der Waals surface area contributed by atoms with E-state index < -0.39 is 0 Å². The normalized spacial score (nSPS) is 10.6. The standard InChI is InChI=1S/C25H21NO2/c1-17-7-6-8-18(13-17)19-11-12-20-16-24(28-2)23(15-21(20)14-19)25(27)26-22-9-4-3-5-10-22/h3-16H,1-2H3,(H,26,27). The Kier molecular flexibility index (Phi) is 4.81. The molecule has 0 aliphatic carbocycles. The number of carbonyl (C=O) groups excluding carboxylic acids is 1. The molecule has 0 spiro atoms. The van der Waals surface area contributed by atoms with Gasteiger partial charge in [-0.2, -0.15) is 0 Å². The molecule has 0 saturated carbocycles. The molecule has 3 nitrogen and oxygen atoms in total. The summed E-state index contributed by atoms with van der Waals surface area (Å²) < 4.78 is 5.48. The largest absolute Gasteiger partial charge is 0.496 e. The summed E-state index contributed by atoms with van der Waals surface area (Å²) in [6.45, 7) is 2.08. The van der Waals surface area contributed by atoms with Gasteiger partial charge in [0.25, 0.3) is 5.91 Å². The van der Waals surface area contributed by atoms with E-state index in [2.05, 4.69) is 54.7 Å². The highest BCUT2D eigenvalue weighted by molar-refractivity contribution is 6.09. The Morgan fingerprint density at radius 3 is 2.32 bits per heavy atom. The lowest BCUT2D eigenvalue weighted by Gasteiger charge is -2.12. The Balaban J connectivity index is 1.76. The van der Waals surface area contributed by atoms with Gasteiger partial charge < -0.3 is 10.1 Å². The van der Waals surface area contributed by atoms with E-state index in [1.54, 1.807) is 7.11 Å². The number of benzene rings is 4. The molecule has 1 N–H and O–H groups in total. The first-order chi connectivity index (χ1) is 13.6. The van der Waals surface area contributed by atoms with Crippen LogP contribution in [0.2, 0.25) is 0 Å². The third kappa shape index (κ3) is 3.60. The molecule has 4 rings (SSSR count). The van der Waals surface area contributed by atoms with Crippen LogP contribution in [0.15, 0.2) is 84.9 Å². The smallest absolute Gasteiger partial charge is 0.259 e. The number of methoxy groups -OCH3 is 1. The number of hydrogen-bond donors (Lipinski definition) is 1. The van der Waals surface area contributed by atoms with Gasteiger partial charge in [-0.1, -0.05) is 60.2 Å². The second kappa shape index (κ2) is 7.57. The number of amides is 1. The summed E-state index contributed by atoms with van der Waals surface area (Å²) in [7, 11) is 1.58. The molecule has 3 heteroatoms. The van der Waals surface area contributed by atoms with Crippen molar-refractivity contribution in [2.24, 2.45) is 0 Å². The molecule has 0 bridgehead atoms. The lowest BCUT2D eigenvalue weighted by atomic mass is 9.98. The minimum atomic E-state index is -0.189. The van der Waals surface area contributed by atoms with Crippen molar-refractivity contribution in [1.82, 2.24) is 0 Å². The highest BCUT2D eigenvalue weighted by Gasteiger charge is 2.14. The van der Waals surface area contributed by atoms with Gasteiger partial charge in [0.15, 0.2) is 0 Å². The number of carbonyl (C=O) groups is 1. The minimum absolute atomic E-state index is 0.189. The van der Waals surface area contributed by atoms with Gasteiger partial charge >= 0.3 is 0 Å². The Labute approximate surface area is 164 Å². The van der Waals surface area contributed by atoms with Gasteiger partial charge in [0, 0.05) is 5.69 Å². The molecule has 138 valence electrons. The van der Waals surface area contributed by atoms with Crippen molar-refractivity contribution in [2.45, 2.75) is 6.92 Å². The van der Waals surface area contributed by atoms with E-state index in [4.69, 9.17) is 4.74 Å². The van der Waals surface area contributed by atoms with E-state index in [-0.39, 0.29) is 5.91 Å². The first-order valence-electron chi connectivity index (χ1n) is 9.19. The molecule has 0 heterocycles. The van der Waals surface area contributed by atoms with Crippen LogP contribution in [-0.4, -0.2) is 13.0 Å². The summed E-state index contributed by atoms with van der Waals surface area (Å²) in [5.74, 6) is 0.371. The van der Waals surface area contributed by atoms with Gasteiger partial charge in [0.05, 0.1) is 12.7 Å². The maximum Gasteiger partial charge on any atom is 0.259 e. The Bertz CT molecular complexity index is 1150. The first-order valence-corrected chi connectivity index (χ1v) is 9.19. The van der Waals surface area contributed by atoms with Crippen LogP contribution in [0.1, 0.15) is 15.9 Å². The fourth-order valence-corrected chi connectivity index (χ4v) is 3.35. The second-order valence-electron chi connectivity index (χ2n) is 6.80. The van der Waals surface area contributed by atoms with Gasteiger partial charge in [-0.05, 0) is 59.2 Å². The quantitative estimate of drug-likeness (QED) is 0.475. The van der Waals surface area contributed by atoms with E-state index in [1.807, 2.05) is 42.5 Å². The average Bonchev–Trinajstić information content (AvgIpc) is 2.73. The third-order valence-electron chi connectivity index (χ3n) is 4.79. The zero-order valence-corrected chi connectivity index (χ0v) is 15.9. The van der Waals surface area contributed by atoms with E-state index in [0.717, 1.165) is 27.6 Å². The second-order valence-corrected chi connectivity index (χ2v) is 6.80. The zero-order chi connectivity index (χ0) is 19.5. The summed E-state index contributed by atoms with van der Waals surface area (Å²) in [5, 5.41) is 4.96. The summed E-state index contributed by atoms with van der Waals surface area (Å²) in [5.41, 5.74) is 4.77. The molecule has 0 atom stereocenters. The van der Waals surface area contributed by atoms with Crippen molar-refractivity contribution in [3.8, 4) is 16.9 Å². The van der Waals surface area contributed by atoms with Gasteiger partial charge in [-0.25, -0.2) is 0 Å². The van der Waals surface area contributed by atoms with Crippen molar-refractivity contribution in [2.75, 3.05) is 12.4 Å². The van der Waals surface area contributed by atoms with E-state index in [0.29, 0.717) is 11.3 Å². The van der Waals surface area contributed by atoms with Crippen LogP contribution < -0.4 is 10.1 Å². The van der Waals surface area contributed by atoms with Gasteiger partial charge in [0.1, 0.15) is 5.75 Å². The molecule has 4 aromatic rings. The average molecular weight is 367 g/mol. The van der Waals surface area contributed by atoms with Crippen molar-refractivity contribution >= 4 is 22.4 Å². The fourth-order valence-electron chi connectivity index (χ4n) is 3.35. The molecule has 0 aromatic heterocycles. The van der Waals surface area contributed by atoms with E-state index >= 15 is 0 Å². The van der Waals surface area contributed by atoms with Gasteiger partial charge in [0.2, 0.25) is 0 Å². The molecule has 28 heavy (non-hydrogen) atoms. The summed E-state index contributed by atoms with van der Waals surface area (Å²) >= 11 is 0. The third-order valence-corrected chi connectivity index (χ3v) is 4.79. The number of para-hydroxylation sites is 1. The molecule has 1 amide bonds. The van der Waals surface area contributed by atoms with Crippen LogP contribution in [0.25, 0.3) is 21.9 Å². The molecular weight excluding hydrogens is 346 g/mol. The fraction of sp³-hybridized carbons (Fsp3) is 0.0800. The molecular formula is C25H21NO2. The lowest BCUT2D eigenvalue weighted by molar-refractivity contribution is 0.102. The van der Waals surface area contributed by atoms with Gasteiger partial charge in [-0.3, -0.25) is 4.79 Å². The highest BCUT2D eigenvalue weighted by Crippen LogP contribution is 2.30. The van der Waals surface area contributed by atoms with Crippen LogP contribution in [0.4, 0.5) is 5.69 Å². The molecule has 0 aliphatic rings. The molecule has 4 aromatic carbocycles. The molecule has 0 radical (unpaired) electrons. The Morgan fingerprint density at radius 1 is 0.786 bits per heavy atom. The first kappa shape index (κ1) is 17.8. The van der Waals surface area contributed by atoms with Crippen molar-refractivity contribution in [3.05, 3.63) is 96.1 Å². The lowest BCUT2D eigenvalue weighted by Crippen LogP contribution is -2.13. The van der Waals surface area contributed by atoms with Crippen molar-refractivity contribution in [1.29, 1.82) is 0 Å². The van der Waals surface area contributed by atoms with Gasteiger partial charge in [-0.15, -0.1) is 0 Å². The number of anilines is 1. The summed E-state index contributed by atoms with van der Waals surface area (Å²) in [4.78, 5) is 12.8. The van der Waals surface area contributed by atoms with Crippen LogP contribution in [0.5, 0.6) is 5.75 Å². The predicted octanol–water partition coefficient (Wildman–Crippen LogP) is 6.08. The predicted molar refractivity (Wildman–Crippen MR) is 115 cm³/mol. The number of ether oxygens (including phenoxy) is 1. The maximum absolute atomic E-state index is 12.8. The van der Waals surface area contributed by atoms with E-state index in [1.165, 1.54) is 5.56 Å². The minimum Gasteiger partial charge on any atom is -0.496 e.